The van der Waals surface area contributed by atoms with Gasteiger partial charge < -0.3 is 5.32 Å². The van der Waals surface area contributed by atoms with Gasteiger partial charge in [-0.1, -0.05) is 59.9 Å². The molecule has 0 aliphatic carbocycles. The molecule has 104 valence electrons. The van der Waals surface area contributed by atoms with Crippen LogP contribution in [-0.4, -0.2) is 5.91 Å². The van der Waals surface area contributed by atoms with Crippen molar-refractivity contribution < 1.29 is 4.79 Å². The molecule has 0 heterocycles. The first-order valence-corrected chi connectivity index (χ1v) is 8.36. The first kappa shape index (κ1) is 15.7. The minimum Gasteiger partial charge on any atom is -0.346 e. The van der Waals surface area contributed by atoms with Crippen molar-refractivity contribution in [1.29, 1.82) is 0 Å². The molecule has 1 amide bonds. The van der Waals surface area contributed by atoms with E-state index in [2.05, 4.69) is 53.1 Å². The summed E-state index contributed by atoms with van der Waals surface area (Å²) < 4.78 is 2.76. The number of hydrogen-bond donors (Lipinski definition) is 1. The fourth-order valence-corrected chi connectivity index (χ4v) is 3.36. The van der Waals surface area contributed by atoms with Crippen LogP contribution in [0.5, 0.6) is 0 Å². The maximum atomic E-state index is 12.2. The van der Waals surface area contributed by atoms with Crippen LogP contribution in [0.3, 0.4) is 0 Å². The van der Waals surface area contributed by atoms with E-state index in [0.717, 1.165) is 19.0 Å². The molecular weight excluding hydrogens is 450 g/mol. The molecule has 0 saturated heterocycles. The number of carbonyl (C=O) groups is 1. The lowest BCUT2D eigenvalue weighted by atomic mass is 10.1. The Labute approximate surface area is 143 Å². The van der Waals surface area contributed by atoms with Gasteiger partial charge in [0.2, 0.25) is 0 Å². The van der Waals surface area contributed by atoms with Gasteiger partial charge in [0.15, 0.2) is 0 Å². The summed E-state index contributed by atoms with van der Waals surface area (Å²) in [6.07, 6.45) is 0. The minimum atomic E-state index is -0.0950. The van der Waals surface area contributed by atoms with Gasteiger partial charge in [-0.15, -0.1) is 0 Å². The van der Waals surface area contributed by atoms with Crippen LogP contribution >= 0.6 is 47.8 Å². The second kappa shape index (κ2) is 6.87. The van der Waals surface area contributed by atoms with Crippen molar-refractivity contribution in [3.63, 3.8) is 0 Å². The standard InChI is InChI=1S/C15H12Br3NO/c1-9(10-2-4-12(16)5-3-10)19-15(20)11-6-13(17)8-14(18)7-11/h2-9H,1H3,(H,19,20)/t9-/m0/s1. The van der Waals surface area contributed by atoms with Gasteiger partial charge in [0.05, 0.1) is 6.04 Å². The van der Waals surface area contributed by atoms with E-state index in [0.29, 0.717) is 5.56 Å². The van der Waals surface area contributed by atoms with Crippen LogP contribution in [0.1, 0.15) is 28.9 Å². The molecule has 2 nitrogen and oxygen atoms in total. The van der Waals surface area contributed by atoms with Crippen LogP contribution in [0.2, 0.25) is 0 Å². The van der Waals surface area contributed by atoms with Crippen molar-refractivity contribution in [3.05, 3.63) is 67.0 Å². The van der Waals surface area contributed by atoms with Gasteiger partial charge in [0.25, 0.3) is 5.91 Å². The summed E-state index contributed by atoms with van der Waals surface area (Å²) >= 11 is 10.2. The Morgan fingerprint density at radius 1 is 0.950 bits per heavy atom. The van der Waals surface area contributed by atoms with Gasteiger partial charge in [-0.3, -0.25) is 4.79 Å². The van der Waals surface area contributed by atoms with Crippen molar-refractivity contribution in [1.82, 2.24) is 5.32 Å². The van der Waals surface area contributed by atoms with Gasteiger partial charge >= 0.3 is 0 Å². The lowest BCUT2D eigenvalue weighted by Gasteiger charge is -2.15. The zero-order valence-electron chi connectivity index (χ0n) is 10.7. The Morgan fingerprint density at radius 3 is 2.05 bits per heavy atom. The van der Waals surface area contributed by atoms with E-state index in [1.54, 1.807) is 12.1 Å². The number of hydrogen-bond acceptors (Lipinski definition) is 1. The molecule has 2 rings (SSSR count). The Morgan fingerprint density at radius 2 is 1.50 bits per heavy atom. The molecule has 0 fully saturated rings. The highest BCUT2D eigenvalue weighted by Crippen LogP contribution is 2.21. The van der Waals surface area contributed by atoms with E-state index in [1.165, 1.54) is 0 Å². The molecule has 0 aliphatic rings. The Bertz CT molecular complexity index is 605. The van der Waals surface area contributed by atoms with E-state index in [9.17, 15) is 4.79 Å². The predicted molar refractivity (Wildman–Crippen MR) is 91.9 cm³/mol. The van der Waals surface area contributed by atoms with Crippen LogP contribution in [0.15, 0.2) is 55.9 Å². The molecular formula is C15H12Br3NO. The van der Waals surface area contributed by atoms with Crippen molar-refractivity contribution in [3.8, 4) is 0 Å². The smallest absolute Gasteiger partial charge is 0.251 e. The van der Waals surface area contributed by atoms with Crippen molar-refractivity contribution in [2.45, 2.75) is 13.0 Å². The van der Waals surface area contributed by atoms with E-state index in [1.807, 2.05) is 37.3 Å². The molecule has 0 unspecified atom stereocenters. The van der Waals surface area contributed by atoms with Gasteiger partial charge in [0, 0.05) is 19.0 Å². The monoisotopic (exact) mass is 459 g/mol. The molecule has 1 atom stereocenters. The van der Waals surface area contributed by atoms with Gasteiger partial charge in [-0.2, -0.15) is 0 Å². The highest BCUT2D eigenvalue weighted by molar-refractivity contribution is 9.11. The molecule has 0 aromatic heterocycles. The van der Waals surface area contributed by atoms with Crippen molar-refractivity contribution in [2.75, 3.05) is 0 Å². The lowest BCUT2D eigenvalue weighted by molar-refractivity contribution is 0.0940. The number of nitrogens with one attached hydrogen (secondary N) is 1. The number of halogens is 3. The summed E-state index contributed by atoms with van der Waals surface area (Å²) in [4.78, 5) is 12.2. The molecule has 0 saturated carbocycles. The highest BCUT2D eigenvalue weighted by Gasteiger charge is 2.12. The third-order valence-electron chi connectivity index (χ3n) is 2.84. The summed E-state index contributed by atoms with van der Waals surface area (Å²) in [6, 6.07) is 13.4. The van der Waals surface area contributed by atoms with Gasteiger partial charge in [-0.25, -0.2) is 0 Å². The number of amides is 1. The number of benzene rings is 2. The third-order valence-corrected chi connectivity index (χ3v) is 4.29. The zero-order valence-corrected chi connectivity index (χ0v) is 15.4. The molecule has 0 radical (unpaired) electrons. The molecule has 0 spiro atoms. The van der Waals surface area contributed by atoms with E-state index < -0.39 is 0 Å². The molecule has 1 N–H and O–H groups in total. The van der Waals surface area contributed by atoms with Crippen LogP contribution in [-0.2, 0) is 0 Å². The van der Waals surface area contributed by atoms with Crippen LogP contribution in [0, 0.1) is 0 Å². The van der Waals surface area contributed by atoms with Crippen LogP contribution in [0.4, 0.5) is 0 Å². The molecule has 20 heavy (non-hydrogen) atoms. The first-order chi connectivity index (χ1) is 9.45. The topological polar surface area (TPSA) is 29.1 Å². The maximum Gasteiger partial charge on any atom is 0.251 e. The zero-order chi connectivity index (χ0) is 14.7. The summed E-state index contributed by atoms with van der Waals surface area (Å²) in [7, 11) is 0. The number of carbonyl (C=O) groups excluding carboxylic acids is 1. The second-order valence-electron chi connectivity index (χ2n) is 4.40. The fraction of sp³-hybridized carbons (Fsp3) is 0.133. The SMILES string of the molecule is C[C@H](NC(=O)c1cc(Br)cc(Br)c1)c1ccc(Br)cc1. The predicted octanol–water partition coefficient (Wildman–Crippen LogP) is 5.47. The van der Waals surface area contributed by atoms with Crippen LogP contribution < -0.4 is 5.32 Å². The Balaban J connectivity index is 2.12. The number of rotatable bonds is 3. The lowest BCUT2D eigenvalue weighted by Crippen LogP contribution is -2.26. The van der Waals surface area contributed by atoms with Gasteiger partial charge in [0.1, 0.15) is 0 Å². The quantitative estimate of drug-likeness (QED) is 0.645. The summed E-state index contributed by atoms with van der Waals surface area (Å²) in [5.41, 5.74) is 1.69. The average Bonchev–Trinajstić information content (AvgIpc) is 2.38. The van der Waals surface area contributed by atoms with E-state index in [4.69, 9.17) is 0 Å². The second-order valence-corrected chi connectivity index (χ2v) is 7.15. The van der Waals surface area contributed by atoms with Crippen molar-refractivity contribution in [2.24, 2.45) is 0 Å². The minimum absolute atomic E-state index is 0.0478. The summed E-state index contributed by atoms with van der Waals surface area (Å²) in [6.45, 7) is 1.97. The Kier molecular flexibility index (Phi) is 5.41. The van der Waals surface area contributed by atoms with Crippen LogP contribution in [0.25, 0.3) is 0 Å². The highest BCUT2D eigenvalue weighted by atomic mass is 79.9. The normalized spacial score (nSPS) is 12.0. The molecule has 5 heteroatoms. The van der Waals surface area contributed by atoms with Crippen molar-refractivity contribution >= 4 is 53.7 Å². The average molecular weight is 462 g/mol. The Hall–Kier alpha value is -0.650. The maximum absolute atomic E-state index is 12.2. The van der Waals surface area contributed by atoms with E-state index in [-0.39, 0.29) is 11.9 Å². The molecule has 0 bridgehead atoms. The fourth-order valence-electron chi connectivity index (χ4n) is 1.80. The van der Waals surface area contributed by atoms with Gasteiger partial charge in [-0.05, 0) is 42.8 Å². The molecule has 2 aromatic carbocycles. The largest absolute Gasteiger partial charge is 0.346 e. The van der Waals surface area contributed by atoms with E-state index >= 15 is 0 Å². The third kappa shape index (κ3) is 4.17. The first-order valence-electron chi connectivity index (χ1n) is 5.98. The molecule has 0 aliphatic heterocycles. The molecule has 2 aromatic rings. The summed E-state index contributed by atoms with van der Waals surface area (Å²) in [5, 5.41) is 2.99. The summed E-state index contributed by atoms with van der Waals surface area (Å²) in [5.74, 6) is -0.0950.